The Hall–Kier alpha value is -1.32. The van der Waals surface area contributed by atoms with E-state index in [2.05, 4.69) is 10.3 Å². The van der Waals surface area contributed by atoms with E-state index in [0.717, 1.165) is 16.8 Å². The monoisotopic (exact) mass is 315 g/mol. The van der Waals surface area contributed by atoms with Crippen LogP contribution >= 0.6 is 11.3 Å². The summed E-state index contributed by atoms with van der Waals surface area (Å²) in [6, 6.07) is 3.76. The Morgan fingerprint density at radius 3 is 2.76 bits per heavy atom. The Kier molecular flexibility index (Phi) is 3.58. The zero-order valence-electron chi connectivity index (χ0n) is 11.2. The number of benzene rings is 1. The molecule has 0 spiro atoms. The van der Waals surface area contributed by atoms with Gasteiger partial charge in [0, 0.05) is 13.1 Å². The van der Waals surface area contributed by atoms with Crippen LogP contribution < -0.4 is 5.32 Å². The fourth-order valence-electron chi connectivity index (χ4n) is 2.25. The molecule has 1 aromatic carbocycles. The van der Waals surface area contributed by atoms with E-state index in [-0.39, 0.29) is 6.04 Å². The summed E-state index contributed by atoms with van der Waals surface area (Å²) >= 11 is 1.33. The van der Waals surface area contributed by atoms with Crippen LogP contribution in [-0.2, 0) is 6.18 Å². The standard InChI is InChI=1S/C12H13BF3N3OS/c1-13(20)19-5-8(6-19)17-11-18-9-4-7(12(14,15)16)2-3-10(9)21-11/h2-4,8,20H,5-6H2,1H3,(H,17,18). The van der Waals surface area contributed by atoms with Crippen molar-refractivity contribution in [3.05, 3.63) is 23.8 Å². The molecule has 1 aliphatic rings. The van der Waals surface area contributed by atoms with Gasteiger partial charge in [0.1, 0.15) is 0 Å². The smallest absolute Gasteiger partial charge is 0.416 e. The molecule has 0 saturated carbocycles. The van der Waals surface area contributed by atoms with Gasteiger partial charge in [0.15, 0.2) is 5.13 Å². The first-order valence-corrected chi connectivity index (χ1v) is 7.31. The van der Waals surface area contributed by atoms with Crippen molar-refractivity contribution in [1.82, 2.24) is 9.79 Å². The molecule has 3 rings (SSSR count). The molecular formula is C12H13BF3N3OS. The molecule has 0 unspecified atom stereocenters. The summed E-state index contributed by atoms with van der Waals surface area (Å²) in [5, 5.41) is 13.2. The molecule has 1 aliphatic heterocycles. The molecule has 2 N–H and O–H groups in total. The van der Waals surface area contributed by atoms with E-state index in [0.29, 0.717) is 23.7 Å². The highest BCUT2D eigenvalue weighted by molar-refractivity contribution is 7.22. The third-order valence-electron chi connectivity index (χ3n) is 3.48. The lowest BCUT2D eigenvalue weighted by molar-refractivity contribution is -0.137. The number of thiazole rings is 1. The maximum absolute atomic E-state index is 12.6. The molecule has 0 bridgehead atoms. The number of nitrogens with one attached hydrogen (secondary N) is 1. The van der Waals surface area contributed by atoms with Crippen LogP contribution in [0.1, 0.15) is 5.56 Å². The van der Waals surface area contributed by atoms with Crippen LogP contribution in [0.25, 0.3) is 10.2 Å². The van der Waals surface area contributed by atoms with Gasteiger partial charge >= 0.3 is 13.2 Å². The van der Waals surface area contributed by atoms with Crippen LogP contribution in [0.4, 0.5) is 18.3 Å². The van der Waals surface area contributed by atoms with Gasteiger partial charge in [-0.25, -0.2) is 4.98 Å². The van der Waals surface area contributed by atoms with Gasteiger partial charge in [-0.1, -0.05) is 11.3 Å². The number of fused-ring (bicyclic) bond motifs is 1. The third kappa shape index (κ3) is 2.99. The number of nitrogens with zero attached hydrogens (tertiary/aromatic N) is 2. The first-order chi connectivity index (χ1) is 9.83. The lowest BCUT2D eigenvalue weighted by Gasteiger charge is -2.40. The lowest BCUT2D eigenvalue weighted by Crippen LogP contribution is -2.59. The van der Waals surface area contributed by atoms with Crippen LogP contribution in [0.2, 0.25) is 6.82 Å². The van der Waals surface area contributed by atoms with E-state index in [9.17, 15) is 18.2 Å². The fraction of sp³-hybridized carbons (Fsp3) is 0.417. The molecule has 0 aliphatic carbocycles. The molecule has 9 heteroatoms. The second-order valence-electron chi connectivity index (χ2n) is 5.13. The topological polar surface area (TPSA) is 48.4 Å². The number of alkyl halides is 3. The van der Waals surface area contributed by atoms with Crippen molar-refractivity contribution < 1.29 is 18.2 Å². The van der Waals surface area contributed by atoms with Gasteiger partial charge in [-0.2, -0.15) is 13.2 Å². The Bertz CT molecular complexity index is 655. The molecule has 0 amide bonds. The number of anilines is 1. The van der Waals surface area contributed by atoms with Gasteiger partial charge in [-0.3, -0.25) is 0 Å². The summed E-state index contributed by atoms with van der Waals surface area (Å²) < 4.78 is 38.7. The Labute approximate surface area is 123 Å². The number of rotatable bonds is 3. The van der Waals surface area contributed by atoms with Crippen LogP contribution in [0, 0.1) is 0 Å². The Morgan fingerprint density at radius 2 is 2.14 bits per heavy atom. The third-order valence-corrected chi connectivity index (χ3v) is 4.45. The average Bonchev–Trinajstić information content (AvgIpc) is 2.72. The van der Waals surface area contributed by atoms with Crippen molar-refractivity contribution >= 4 is 33.7 Å². The number of halogens is 3. The van der Waals surface area contributed by atoms with Gasteiger partial charge in [-0.15, -0.1) is 0 Å². The zero-order chi connectivity index (χ0) is 15.2. The number of aromatic nitrogens is 1. The van der Waals surface area contributed by atoms with E-state index in [1.54, 1.807) is 6.82 Å². The van der Waals surface area contributed by atoms with Gasteiger partial charge in [-0.05, 0) is 25.0 Å². The molecule has 1 fully saturated rings. The van der Waals surface area contributed by atoms with E-state index >= 15 is 0 Å². The quantitative estimate of drug-likeness (QED) is 0.855. The van der Waals surface area contributed by atoms with Crippen LogP contribution in [-0.4, -0.2) is 41.0 Å². The highest BCUT2D eigenvalue weighted by Crippen LogP contribution is 2.34. The highest BCUT2D eigenvalue weighted by atomic mass is 32.1. The molecule has 112 valence electrons. The highest BCUT2D eigenvalue weighted by Gasteiger charge is 2.33. The van der Waals surface area contributed by atoms with Crippen molar-refractivity contribution in [2.75, 3.05) is 18.4 Å². The van der Waals surface area contributed by atoms with Crippen molar-refractivity contribution in [3.8, 4) is 0 Å². The predicted molar refractivity (Wildman–Crippen MR) is 77.4 cm³/mol. The minimum absolute atomic E-state index is 0.169. The molecule has 21 heavy (non-hydrogen) atoms. The van der Waals surface area contributed by atoms with Gasteiger partial charge in [0.05, 0.1) is 21.8 Å². The molecule has 4 nitrogen and oxygen atoms in total. The lowest BCUT2D eigenvalue weighted by atomic mass is 9.80. The van der Waals surface area contributed by atoms with Crippen LogP contribution in [0.3, 0.4) is 0 Å². The predicted octanol–water partition coefficient (Wildman–Crippen LogP) is 2.52. The minimum atomic E-state index is -4.35. The molecule has 1 saturated heterocycles. The van der Waals surface area contributed by atoms with E-state index in [1.807, 2.05) is 4.81 Å². The van der Waals surface area contributed by atoms with Gasteiger partial charge in [0.25, 0.3) is 0 Å². The Balaban J connectivity index is 1.73. The summed E-state index contributed by atoms with van der Waals surface area (Å²) in [5.41, 5.74) is -0.334. The maximum atomic E-state index is 12.6. The van der Waals surface area contributed by atoms with Gasteiger partial charge in [0.2, 0.25) is 0 Å². The van der Waals surface area contributed by atoms with Crippen molar-refractivity contribution in [2.45, 2.75) is 19.0 Å². The molecular weight excluding hydrogens is 302 g/mol. The summed E-state index contributed by atoms with van der Waals surface area (Å²) in [6.45, 7) is 3.09. The van der Waals surface area contributed by atoms with E-state index < -0.39 is 18.8 Å². The second-order valence-corrected chi connectivity index (χ2v) is 6.16. The molecule has 0 radical (unpaired) electrons. The number of hydrogen-bond acceptors (Lipinski definition) is 5. The second kappa shape index (κ2) is 5.15. The number of hydrogen-bond donors (Lipinski definition) is 2. The summed E-state index contributed by atoms with van der Waals surface area (Å²) in [5.74, 6) is 0. The summed E-state index contributed by atoms with van der Waals surface area (Å²) in [7, 11) is -0.479. The average molecular weight is 315 g/mol. The first-order valence-electron chi connectivity index (χ1n) is 6.49. The van der Waals surface area contributed by atoms with Crippen LogP contribution in [0.15, 0.2) is 18.2 Å². The first kappa shape index (κ1) is 14.6. The zero-order valence-corrected chi connectivity index (χ0v) is 12.0. The normalized spacial score (nSPS) is 17.0. The molecule has 2 heterocycles. The maximum Gasteiger partial charge on any atom is 0.416 e. The van der Waals surface area contributed by atoms with Crippen molar-refractivity contribution in [1.29, 1.82) is 0 Å². The largest absolute Gasteiger partial charge is 0.437 e. The minimum Gasteiger partial charge on any atom is -0.437 e. The Morgan fingerprint density at radius 1 is 1.43 bits per heavy atom. The molecule has 1 aromatic heterocycles. The molecule has 0 atom stereocenters. The summed E-state index contributed by atoms with van der Waals surface area (Å²) in [6.07, 6.45) is -4.35. The molecule has 2 aromatic rings. The van der Waals surface area contributed by atoms with Crippen molar-refractivity contribution in [3.63, 3.8) is 0 Å². The fourth-order valence-corrected chi connectivity index (χ4v) is 3.17. The van der Waals surface area contributed by atoms with E-state index in [1.165, 1.54) is 17.4 Å². The SMILES string of the molecule is CB(O)N1CC(Nc2nc3cc(C(F)(F)F)ccc3s2)C1. The summed E-state index contributed by atoms with van der Waals surface area (Å²) in [4.78, 5) is 6.09. The van der Waals surface area contributed by atoms with Gasteiger partial charge < -0.3 is 15.2 Å². The van der Waals surface area contributed by atoms with Crippen LogP contribution in [0.5, 0.6) is 0 Å². The van der Waals surface area contributed by atoms with Crippen molar-refractivity contribution in [2.24, 2.45) is 0 Å². The van der Waals surface area contributed by atoms with E-state index in [4.69, 9.17) is 0 Å².